The van der Waals surface area contributed by atoms with Crippen molar-refractivity contribution in [3.05, 3.63) is 0 Å². The molecule has 1 atom stereocenters. The Kier molecular flexibility index (Phi) is 16.7. The van der Waals surface area contributed by atoms with E-state index in [4.69, 9.17) is 9.47 Å². The Hall–Kier alpha value is -1.06. The van der Waals surface area contributed by atoms with Crippen molar-refractivity contribution in [2.45, 2.75) is 105 Å². The number of unbranched alkanes of at least 4 members (excludes halogenated alkanes) is 10. The quantitative estimate of drug-likeness (QED) is 0.177. The van der Waals surface area contributed by atoms with Crippen LogP contribution in [-0.4, -0.2) is 25.2 Å². The molecule has 0 aromatic rings. The summed E-state index contributed by atoms with van der Waals surface area (Å²) in [5, 5.41) is 0. The Balaban J connectivity index is 3.89. The third-order valence-electron chi connectivity index (χ3n) is 4.91. The summed E-state index contributed by atoms with van der Waals surface area (Å²) in [4.78, 5) is 24.2. The van der Waals surface area contributed by atoms with Gasteiger partial charge in [-0.3, -0.25) is 9.59 Å². The first-order valence-corrected chi connectivity index (χ1v) is 10.9. The summed E-state index contributed by atoms with van der Waals surface area (Å²) in [6.07, 6.45) is 15.1. The number of carbonyl (C=O) groups excluding carboxylic acids is 2. The highest BCUT2D eigenvalue weighted by Gasteiger charge is 2.34. The van der Waals surface area contributed by atoms with Crippen LogP contribution in [0, 0.1) is 11.8 Å². The fraction of sp³-hybridized carbons (Fsp3) is 0.909. The lowest BCUT2D eigenvalue weighted by atomic mass is 9.89. The summed E-state index contributed by atoms with van der Waals surface area (Å²) >= 11 is 0. The van der Waals surface area contributed by atoms with Crippen molar-refractivity contribution < 1.29 is 19.1 Å². The van der Waals surface area contributed by atoms with E-state index in [0.29, 0.717) is 13.2 Å². The molecule has 4 nitrogen and oxygen atoms in total. The lowest BCUT2D eigenvalue weighted by Gasteiger charge is -2.20. The van der Waals surface area contributed by atoms with Crippen molar-refractivity contribution in [1.82, 2.24) is 0 Å². The van der Waals surface area contributed by atoms with Crippen LogP contribution in [0.3, 0.4) is 0 Å². The zero-order valence-electron chi connectivity index (χ0n) is 17.7. The Morgan fingerprint density at radius 3 is 1.42 bits per heavy atom. The van der Waals surface area contributed by atoms with Crippen LogP contribution in [-0.2, 0) is 19.1 Å². The second kappa shape index (κ2) is 17.4. The van der Waals surface area contributed by atoms with Crippen LogP contribution in [0.5, 0.6) is 0 Å². The summed E-state index contributed by atoms with van der Waals surface area (Å²) in [5.74, 6) is -1.70. The van der Waals surface area contributed by atoms with Crippen molar-refractivity contribution in [1.29, 1.82) is 0 Å². The SMILES string of the molecule is CCCCCCCCCCCCCC(C)C(C(=O)OCC)C(=O)OCC. The normalized spacial score (nSPS) is 12.2. The summed E-state index contributed by atoms with van der Waals surface area (Å²) < 4.78 is 10.1. The number of ether oxygens (including phenoxy) is 2. The van der Waals surface area contributed by atoms with Gasteiger partial charge in [-0.2, -0.15) is 0 Å². The van der Waals surface area contributed by atoms with E-state index in [0.717, 1.165) is 12.8 Å². The Labute approximate surface area is 161 Å². The molecule has 0 saturated heterocycles. The van der Waals surface area contributed by atoms with E-state index in [1.54, 1.807) is 13.8 Å². The standard InChI is InChI=1S/C22H42O4/c1-5-8-9-10-11-12-13-14-15-16-17-18-19(4)20(21(23)25-6-2)22(24)26-7-3/h19-20H,5-18H2,1-4H3. The average molecular weight is 371 g/mol. The zero-order chi connectivity index (χ0) is 19.6. The highest BCUT2D eigenvalue weighted by molar-refractivity contribution is 5.95. The van der Waals surface area contributed by atoms with Crippen molar-refractivity contribution in [3.8, 4) is 0 Å². The Bertz CT molecular complexity index is 336. The third-order valence-corrected chi connectivity index (χ3v) is 4.91. The largest absolute Gasteiger partial charge is 0.465 e. The molecule has 0 aromatic heterocycles. The van der Waals surface area contributed by atoms with E-state index in [9.17, 15) is 9.59 Å². The first kappa shape index (κ1) is 24.9. The predicted molar refractivity (Wildman–Crippen MR) is 107 cm³/mol. The smallest absolute Gasteiger partial charge is 0.320 e. The monoisotopic (exact) mass is 370 g/mol. The minimum absolute atomic E-state index is 0.0355. The van der Waals surface area contributed by atoms with E-state index in [-0.39, 0.29) is 5.92 Å². The first-order valence-electron chi connectivity index (χ1n) is 10.9. The molecular weight excluding hydrogens is 328 g/mol. The Morgan fingerprint density at radius 1 is 0.654 bits per heavy atom. The maximum atomic E-state index is 12.1. The molecule has 4 heteroatoms. The van der Waals surface area contributed by atoms with Crippen LogP contribution in [0.25, 0.3) is 0 Å². The van der Waals surface area contributed by atoms with Crippen LogP contribution >= 0.6 is 0 Å². The van der Waals surface area contributed by atoms with E-state index in [2.05, 4.69) is 6.92 Å². The van der Waals surface area contributed by atoms with Gasteiger partial charge in [-0.1, -0.05) is 84.5 Å². The summed E-state index contributed by atoms with van der Waals surface area (Å²) in [6.45, 7) is 8.31. The second-order valence-electron chi connectivity index (χ2n) is 7.28. The number of esters is 2. The molecule has 154 valence electrons. The molecule has 0 aromatic carbocycles. The van der Waals surface area contributed by atoms with Gasteiger partial charge < -0.3 is 9.47 Å². The minimum Gasteiger partial charge on any atom is -0.465 e. The van der Waals surface area contributed by atoms with Gasteiger partial charge in [0, 0.05) is 0 Å². The highest BCUT2D eigenvalue weighted by Crippen LogP contribution is 2.22. The molecule has 0 fully saturated rings. The van der Waals surface area contributed by atoms with Gasteiger partial charge in [0.15, 0.2) is 5.92 Å². The zero-order valence-corrected chi connectivity index (χ0v) is 17.7. The molecule has 0 amide bonds. The van der Waals surface area contributed by atoms with E-state index >= 15 is 0 Å². The molecule has 0 heterocycles. The maximum absolute atomic E-state index is 12.1. The van der Waals surface area contributed by atoms with E-state index in [1.807, 2.05) is 6.92 Å². The molecule has 0 saturated carbocycles. The van der Waals surface area contributed by atoms with Crippen molar-refractivity contribution in [2.24, 2.45) is 11.8 Å². The van der Waals surface area contributed by atoms with E-state index in [1.165, 1.54) is 64.2 Å². The molecule has 1 unspecified atom stereocenters. The van der Waals surface area contributed by atoms with Crippen molar-refractivity contribution >= 4 is 11.9 Å². The van der Waals surface area contributed by atoms with Gasteiger partial charge >= 0.3 is 11.9 Å². The molecule has 0 aliphatic carbocycles. The van der Waals surface area contributed by atoms with Gasteiger partial charge in [0.05, 0.1) is 13.2 Å². The van der Waals surface area contributed by atoms with E-state index < -0.39 is 17.9 Å². The van der Waals surface area contributed by atoms with Crippen molar-refractivity contribution in [3.63, 3.8) is 0 Å². The van der Waals surface area contributed by atoms with Crippen LogP contribution in [0.15, 0.2) is 0 Å². The summed E-state index contributed by atoms with van der Waals surface area (Å²) in [7, 11) is 0. The maximum Gasteiger partial charge on any atom is 0.320 e. The second-order valence-corrected chi connectivity index (χ2v) is 7.28. The number of rotatable bonds is 17. The molecule has 0 aliphatic rings. The van der Waals surface area contributed by atoms with Crippen LogP contribution in [0.1, 0.15) is 105 Å². The molecule has 0 aliphatic heterocycles. The van der Waals surface area contributed by atoms with Gasteiger partial charge in [0.2, 0.25) is 0 Å². The van der Waals surface area contributed by atoms with Crippen LogP contribution < -0.4 is 0 Å². The van der Waals surface area contributed by atoms with Gasteiger partial charge in [0.25, 0.3) is 0 Å². The molecule has 0 bridgehead atoms. The van der Waals surface area contributed by atoms with Gasteiger partial charge in [-0.25, -0.2) is 0 Å². The Morgan fingerprint density at radius 2 is 1.04 bits per heavy atom. The van der Waals surface area contributed by atoms with Crippen LogP contribution in [0.2, 0.25) is 0 Å². The number of hydrogen-bond donors (Lipinski definition) is 0. The highest BCUT2D eigenvalue weighted by atomic mass is 16.6. The fourth-order valence-electron chi connectivity index (χ4n) is 3.32. The average Bonchev–Trinajstić information content (AvgIpc) is 2.60. The van der Waals surface area contributed by atoms with Crippen molar-refractivity contribution in [2.75, 3.05) is 13.2 Å². The molecule has 0 radical (unpaired) electrons. The lowest BCUT2D eigenvalue weighted by Crippen LogP contribution is -2.33. The molecule has 26 heavy (non-hydrogen) atoms. The fourth-order valence-corrected chi connectivity index (χ4v) is 3.32. The molecular formula is C22H42O4. The minimum atomic E-state index is -0.780. The topological polar surface area (TPSA) is 52.6 Å². The van der Waals surface area contributed by atoms with Gasteiger partial charge in [-0.05, 0) is 26.2 Å². The number of carbonyl (C=O) groups is 2. The molecule has 0 rings (SSSR count). The van der Waals surface area contributed by atoms with Crippen LogP contribution in [0.4, 0.5) is 0 Å². The number of hydrogen-bond acceptors (Lipinski definition) is 4. The molecule has 0 N–H and O–H groups in total. The predicted octanol–water partition coefficient (Wildman–Crippen LogP) is 6.07. The lowest BCUT2D eigenvalue weighted by molar-refractivity contribution is -0.164. The first-order chi connectivity index (χ1) is 12.6. The summed E-state index contributed by atoms with van der Waals surface area (Å²) in [5.41, 5.74) is 0. The third kappa shape index (κ3) is 12.3. The summed E-state index contributed by atoms with van der Waals surface area (Å²) in [6, 6.07) is 0. The van der Waals surface area contributed by atoms with Gasteiger partial charge in [0.1, 0.15) is 0 Å². The van der Waals surface area contributed by atoms with Gasteiger partial charge in [-0.15, -0.1) is 0 Å². The molecule has 0 spiro atoms.